The van der Waals surface area contributed by atoms with Gasteiger partial charge in [0.2, 0.25) is 0 Å². The van der Waals surface area contributed by atoms with Crippen LogP contribution in [0.2, 0.25) is 10.0 Å². The lowest BCUT2D eigenvalue weighted by Crippen LogP contribution is -2.20. The third kappa shape index (κ3) is 3.86. The lowest BCUT2D eigenvalue weighted by molar-refractivity contribution is 0.607. The van der Waals surface area contributed by atoms with E-state index in [1.54, 1.807) is 6.07 Å². The van der Waals surface area contributed by atoms with Crippen LogP contribution in [0.15, 0.2) is 30.4 Å². The molecule has 0 aliphatic carbocycles. The normalized spacial score (nSPS) is 12.5. The van der Waals surface area contributed by atoms with E-state index in [4.69, 9.17) is 23.2 Å². The zero-order chi connectivity index (χ0) is 11.4. The third-order valence-corrected chi connectivity index (χ3v) is 2.71. The average molecular weight is 244 g/mol. The first-order chi connectivity index (χ1) is 7.00. The highest BCUT2D eigenvalue weighted by Crippen LogP contribution is 2.26. The minimum Gasteiger partial charge on any atom is -0.306 e. The maximum atomic E-state index is 6.09. The second kappa shape index (κ2) is 5.55. The lowest BCUT2D eigenvalue weighted by atomic mass is 10.1. The Morgan fingerprint density at radius 2 is 2.13 bits per heavy atom. The molecule has 0 aromatic heterocycles. The van der Waals surface area contributed by atoms with E-state index in [2.05, 4.69) is 18.8 Å². The van der Waals surface area contributed by atoms with E-state index in [1.165, 1.54) is 0 Å². The predicted molar refractivity (Wildman–Crippen MR) is 67.7 cm³/mol. The maximum absolute atomic E-state index is 6.09. The molecule has 15 heavy (non-hydrogen) atoms. The topological polar surface area (TPSA) is 12.0 Å². The van der Waals surface area contributed by atoms with Gasteiger partial charge < -0.3 is 5.32 Å². The predicted octanol–water partition coefficient (Wildman–Crippen LogP) is 4.22. The molecular weight excluding hydrogens is 229 g/mol. The van der Waals surface area contributed by atoms with Crippen LogP contribution < -0.4 is 5.32 Å². The summed E-state index contributed by atoms with van der Waals surface area (Å²) in [7, 11) is 0. The highest BCUT2D eigenvalue weighted by molar-refractivity contribution is 6.33. The first kappa shape index (κ1) is 12.6. The van der Waals surface area contributed by atoms with Crippen molar-refractivity contribution >= 4 is 23.2 Å². The van der Waals surface area contributed by atoms with Crippen LogP contribution in [0.3, 0.4) is 0 Å². The van der Waals surface area contributed by atoms with Crippen molar-refractivity contribution in [1.29, 1.82) is 0 Å². The van der Waals surface area contributed by atoms with Gasteiger partial charge in [-0.05, 0) is 37.6 Å². The molecule has 0 aliphatic heterocycles. The van der Waals surface area contributed by atoms with Crippen LogP contribution in [0.5, 0.6) is 0 Å². The van der Waals surface area contributed by atoms with E-state index in [1.807, 2.05) is 19.1 Å². The van der Waals surface area contributed by atoms with Crippen molar-refractivity contribution in [3.05, 3.63) is 46.0 Å². The quantitative estimate of drug-likeness (QED) is 0.782. The number of hydrogen-bond acceptors (Lipinski definition) is 1. The van der Waals surface area contributed by atoms with Crippen molar-refractivity contribution in [2.24, 2.45) is 0 Å². The smallest absolute Gasteiger partial charge is 0.0454 e. The Morgan fingerprint density at radius 1 is 1.47 bits per heavy atom. The van der Waals surface area contributed by atoms with Crippen molar-refractivity contribution in [2.75, 3.05) is 6.54 Å². The first-order valence-corrected chi connectivity index (χ1v) is 5.59. The Kier molecular flexibility index (Phi) is 4.65. The fraction of sp³-hybridized carbons (Fsp3) is 0.333. The molecule has 0 spiro atoms. The zero-order valence-corrected chi connectivity index (χ0v) is 10.5. The van der Waals surface area contributed by atoms with Crippen molar-refractivity contribution in [3.8, 4) is 0 Å². The van der Waals surface area contributed by atoms with E-state index >= 15 is 0 Å². The number of benzene rings is 1. The molecule has 1 unspecified atom stereocenters. The molecule has 0 fully saturated rings. The van der Waals surface area contributed by atoms with E-state index in [0.29, 0.717) is 5.02 Å². The fourth-order valence-electron chi connectivity index (χ4n) is 1.28. The molecule has 0 saturated heterocycles. The van der Waals surface area contributed by atoms with E-state index < -0.39 is 0 Å². The standard InChI is InChI=1S/C12H15Cl2N/c1-8(2)7-15-9(3)11-6-10(13)4-5-12(11)14/h4-6,9,15H,1,7H2,2-3H3. The molecule has 1 aromatic rings. The summed E-state index contributed by atoms with van der Waals surface area (Å²) < 4.78 is 0. The summed E-state index contributed by atoms with van der Waals surface area (Å²) in [5.74, 6) is 0. The van der Waals surface area contributed by atoms with Crippen molar-refractivity contribution in [1.82, 2.24) is 5.32 Å². The Hall–Kier alpha value is -0.500. The van der Waals surface area contributed by atoms with Crippen molar-refractivity contribution in [2.45, 2.75) is 19.9 Å². The molecule has 1 rings (SSSR count). The van der Waals surface area contributed by atoms with Gasteiger partial charge in [-0.15, -0.1) is 0 Å². The molecule has 82 valence electrons. The molecule has 0 bridgehead atoms. The van der Waals surface area contributed by atoms with Gasteiger partial charge in [0.05, 0.1) is 0 Å². The molecule has 0 amide bonds. The summed E-state index contributed by atoms with van der Waals surface area (Å²) >= 11 is 12.0. The van der Waals surface area contributed by atoms with Crippen LogP contribution >= 0.6 is 23.2 Å². The van der Waals surface area contributed by atoms with Crippen LogP contribution in [-0.2, 0) is 0 Å². The highest BCUT2D eigenvalue weighted by Gasteiger charge is 2.09. The molecule has 1 aromatic carbocycles. The number of hydrogen-bond donors (Lipinski definition) is 1. The minimum absolute atomic E-state index is 0.174. The van der Waals surface area contributed by atoms with Crippen LogP contribution in [0.1, 0.15) is 25.5 Å². The zero-order valence-electron chi connectivity index (χ0n) is 8.98. The van der Waals surface area contributed by atoms with Gasteiger partial charge in [0.25, 0.3) is 0 Å². The average Bonchev–Trinajstić information content (AvgIpc) is 2.18. The second-order valence-corrected chi connectivity index (χ2v) is 4.57. The summed E-state index contributed by atoms with van der Waals surface area (Å²) in [5, 5.41) is 4.77. The van der Waals surface area contributed by atoms with Gasteiger partial charge in [-0.1, -0.05) is 35.4 Å². The molecule has 0 aliphatic rings. The summed E-state index contributed by atoms with van der Waals surface area (Å²) in [6, 6.07) is 5.67. The van der Waals surface area contributed by atoms with Gasteiger partial charge in [-0.25, -0.2) is 0 Å². The maximum Gasteiger partial charge on any atom is 0.0454 e. The number of rotatable bonds is 4. The van der Waals surface area contributed by atoms with Crippen LogP contribution in [0.25, 0.3) is 0 Å². The van der Waals surface area contributed by atoms with Gasteiger partial charge in [0.1, 0.15) is 0 Å². The summed E-state index contributed by atoms with van der Waals surface area (Å²) in [4.78, 5) is 0. The molecule has 0 saturated carbocycles. The number of nitrogens with one attached hydrogen (secondary N) is 1. The van der Waals surface area contributed by atoms with Gasteiger partial charge in [0.15, 0.2) is 0 Å². The molecule has 1 atom stereocenters. The molecule has 3 heteroatoms. The van der Waals surface area contributed by atoms with Crippen LogP contribution in [0, 0.1) is 0 Å². The molecular formula is C12H15Cl2N. The third-order valence-electron chi connectivity index (χ3n) is 2.13. The second-order valence-electron chi connectivity index (χ2n) is 3.73. The van der Waals surface area contributed by atoms with E-state index in [-0.39, 0.29) is 6.04 Å². The van der Waals surface area contributed by atoms with Gasteiger partial charge >= 0.3 is 0 Å². The lowest BCUT2D eigenvalue weighted by Gasteiger charge is -2.15. The summed E-state index contributed by atoms with van der Waals surface area (Å²) in [6.45, 7) is 8.66. The Labute approximate surface area is 101 Å². The number of halogens is 2. The van der Waals surface area contributed by atoms with Gasteiger partial charge in [-0.3, -0.25) is 0 Å². The molecule has 1 N–H and O–H groups in total. The highest BCUT2D eigenvalue weighted by atomic mass is 35.5. The SMILES string of the molecule is C=C(C)CNC(C)c1cc(Cl)ccc1Cl. The van der Waals surface area contributed by atoms with Crippen molar-refractivity contribution < 1.29 is 0 Å². The van der Waals surface area contributed by atoms with Gasteiger partial charge in [-0.2, -0.15) is 0 Å². The Bertz CT molecular complexity index is 361. The van der Waals surface area contributed by atoms with Crippen LogP contribution in [0.4, 0.5) is 0 Å². The minimum atomic E-state index is 0.174. The molecule has 1 nitrogen and oxygen atoms in total. The first-order valence-electron chi connectivity index (χ1n) is 4.83. The Balaban J connectivity index is 2.76. The van der Waals surface area contributed by atoms with Crippen molar-refractivity contribution in [3.63, 3.8) is 0 Å². The molecule has 0 radical (unpaired) electrons. The molecule has 0 heterocycles. The van der Waals surface area contributed by atoms with Gasteiger partial charge in [0, 0.05) is 22.6 Å². The van der Waals surface area contributed by atoms with E-state index in [0.717, 1.165) is 22.7 Å². The summed E-state index contributed by atoms with van der Waals surface area (Å²) in [5.41, 5.74) is 2.12. The van der Waals surface area contributed by atoms with Crippen LogP contribution in [-0.4, -0.2) is 6.54 Å². The Morgan fingerprint density at radius 3 is 2.73 bits per heavy atom. The largest absolute Gasteiger partial charge is 0.306 e. The fourth-order valence-corrected chi connectivity index (χ4v) is 1.75. The van der Waals surface area contributed by atoms with E-state index in [9.17, 15) is 0 Å². The monoisotopic (exact) mass is 243 g/mol. The summed E-state index contributed by atoms with van der Waals surface area (Å²) in [6.07, 6.45) is 0.